The third-order valence-corrected chi connectivity index (χ3v) is 3.90. The maximum atomic E-state index is 11.9. The van der Waals surface area contributed by atoms with E-state index in [0.29, 0.717) is 21.5 Å². The van der Waals surface area contributed by atoms with E-state index < -0.39 is 0 Å². The highest BCUT2D eigenvalue weighted by atomic mass is 35.5. The summed E-state index contributed by atoms with van der Waals surface area (Å²) in [5.41, 5.74) is 3.98. The number of hydrogen-bond donors (Lipinski definition) is 1. The van der Waals surface area contributed by atoms with E-state index in [4.69, 9.17) is 32.7 Å². The zero-order valence-corrected chi connectivity index (χ0v) is 14.7. The van der Waals surface area contributed by atoms with Crippen molar-refractivity contribution in [1.82, 2.24) is 5.43 Å². The standard InChI is InChI=1S/C17H16Cl2N2O3/c1-23-15-6-4-11(8-16(15)24-2)9-17(22)21-20-10-12-3-5-13(18)14(19)7-12/h3-8,10H,9H2,1-2H3,(H,21,22)/b20-10-. The van der Waals surface area contributed by atoms with Crippen molar-refractivity contribution in [3.05, 3.63) is 57.6 Å². The Hall–Kier alpha value is -2.24. The normalized spacial score (nSPS) is 10.7. The molecule has 5 nitrogen and oxygen atoms in total. The van der Waals surface area contributed by atoms with Gasteiger partial charge in [-0.3, -0.25) is 4.79 Å². The number of hydrazone groups is 1. The Morgan fingerprint density at radius 2 is 1.83 bits per heavy atom. The summed E-state index contributed by atoms with van der Waals surface area (Å²) in [5, 5.41) is 4.79. The number of amides is 1. The first-order chi connectivity index (χ1) is 11.5. The molecule has 0 saturated carbocycles. The summed E-state index contributed by atoms with van der Waals surface area (Å²) >= 11 is 11.7. The van der Waals surface area contributed by atoms with E-state index in [1.165, 1.54) is 6.21 Å². The van der Waals surface area contributed by atoms with Crippen LogP contribution in [-0.2, 0) is 11.2 Å². The molecule has 0 spiro atoms. The van der Waals surface area contributed by atoms with Gasteiger partial charge in [0.1, 0.15) is 0 Å². The van der Waals surface area contributed by atoms with Crippen LogP contribution in [0.4, 0.5) is 0 Å². The van der Waals surface area contributed by atoms with E-state index in [9.17, 15) is 4.79 Å². The molecule has 0 aromatic heterocycles. The number of carbonyl (C=O) groups is 1. The third kappa shape index (κ3) is 4.88. The van der Waals surface area contributed by atoms with Crippen molar-refractivity contribution >= 4 is 35.3 Å². The molecule has 7 heteroatoms. The van der Waals surface area contributed by atoms with Crippen LogP contribution < -0.4 is 14.9 Å². The van der Waals surface area contributed by atoms with Crippen LogP contribution in [0.15, 0.2) is 41.5 Å². The quantitative estimate of drug-likeness (QED) is 0.626. The average Bonchev–Trinajstić information content (AvgIpc) is 2.58. The van der Waals surface area contributed by atoms with Gasteiger partial charge in [-0.25, -0.2) is 5.43 Å². The van der Waals surface area contributed by atoms with Gasteiger partial charge in [0.15, 0.2) is 11.5 Å². The molecule has 0 aliphatic rings. The summed E-state index contributed by atoms with van der Waals surface area (Å²) in [6.07, 6.45) is 1.66. The second kappa shape index (κ2) is 8.57. The zero-order chi connectivity index (χ0) is 17.5. The summed E-state index contributed by atoms with van der Waals surface area (Å²) in [6.45, 7) is 0. The minimum Gasteiger partial charge on any atom is -0.493 e. The van der Waals surface area contributed by atoms with Crippen LogP contribution in [0.25, 0.3) is 0 Å². The lowest BCUT2D eigenvalue weighted by molar-refractivity contribution is -0.120. The zero-order valence-electron chi connectivity index (χ0n) is 13.2. The maximum absolute atomic E-state index is 11.9. The summed E-state index contributed by atoms with van der Waals surface area (Å²) < 4.78 is 10.4. The lowest BCUT2D eigenvalue weighted by Crippen LogP contribution is -2.19. The lowest BCUT2D eigenvalue weighted by Gasteiger charge is -2.09. The van der Waals surface area contributed by atoms with Crippen LogP contribution in [0.3, 0.4) is 0 Å². The third-order valence-electron chi connectivity index (χ3n) is 3.16. The molecule has 0 unspecified atom stereocenters. The number of halogens is 2. The highest BCUT2D eigenvalue weighted by Crippen LogP contribution is 2.27. The molecule has 0 bridgehead atoms. The predicted octanol–water partition coefficient (Wildman–Crippen LogP) is 3.70. The molecule has 0 heterocycles. The summed E-state index contributed by atoms with van der Waals surface area (Å²) in [4.78, 5) is 11.9. The van der Waals surface area contributed by atoms with Crippen LogP contribution in [0, 0.1) is 0 Å². The van der Waals surface area contributed by atoms with Crippen LogP contribution in [0.1, 0.15) is 11.1 Å². The molecule has 0 aliphatic heterocycles. The van der Waals surface area contributed by atoms with Gasteiger partial charge in [-0.1, -0.05) is 35.3 Å². The number of rotatable bonds is 6. The fourth-order valence-electron chi connectivity index (χ4n) is 1.99. The molecule has 126 valence electrons. The Morgan fingerprint density at radius 3 is 2.50 bits per heavy atom. The average molecular weight is 367 g/mol. The largest absolute Gasteiger partial charge is 0.493 e. The second-order valence-corrected chi connectivity index (χ2v) is 5.65. The fourth-order valence-corrected chi connectivity index (χ4v) is 2.29. The Bertz CT molecular complexity index is 763. The highest BCUT2D eigenvalue weighted by Gasteiger charge is 2.07. The number of methoxy groups -OCH3 is 2. The molecule has 2 aromatic carbocycles. The van der Waals surface area contributed by atoms with Gasteiger partial charge in [0.2, 0.25) is 5.91 Å². The van der Waals surface area contributed by atoms with Crippen molar-refractivity contribution in [2.75, 3.05) is 14.2 Å². The minimum absolute atomic E-state index is 0.166. The summed E-state index contributed by atoms with van der Waals surface area (Å²) in [7, 11) is 3.10. The topological polar surface area (TPSA) is 59.9 Å². The molecule has 1 N–H and O–H groups in total. The number of nitrogens with zero attached hydrogens (tertiary/aromatic N) is 1. The molecular weight excluding hydrogens is 351 g/mol. The monoisotopic (exact) mass is 366 g/mol. The van der Waals surface area contributed by atoms with Crippen molar-refractivity contribution in [3.8, 4) is 11.5 Å². The van der Waals surface area contributed by atoms with E-state index >= 15 is 0 Å². The van der Waals surface area contributed by atoms with Crippen molar-refractivity contribution in [1.29, 1.82) is 0 Å². The van der Waals surface area contributed by atoms with Crippen molar-refractivity contribution in [2.24, 2.45) is 5.10 Å². The first-order valence-electron chi connectivity index (χ1n) is 7.01. The number of benzene rings is 2. The van der Waals surface area contributed by atoms with Gasteiger partial charge in [-0.2, -0.15) is 5.10 Å². The first kappa shape index (κ1) is 18.1. The minimum atomic E-state index is -0.251. The van der Waals surface area contributed by atoms with Crippen molar-refractivity contribution < 1.29 is 14.3 Å². The smallest absolute Gasteiger partial charge is 0.244 e. The van der Waals surface area contributed by atoms with Gasteiger partial charge in [0.25, 0.3) is 0 Å². The van der Waals surface area contributed by atoms with E-state index in [1.54, 1.807) is 50.6 Å². The SMILES string of the molecule is COc1ccc(CC(=O)N/N=C\c2ccc(Cl)c(Cl)c2)cc1OC. The Kier molecular flexibility index (Phi) is 6.46. The van der Waals surface area contributed by atoms with Crippen LogP contribution >= 0.6 is 23.2 Å². The Balaban J connectivity index is 1.95. The summed E-state index contributed by atoms with van der Waals surface area (Å²) in [5.74, 6) is 0.930. The Labute approximate surface area is 150 Å². The van der Waals surface area contributed by atoms with Crippen LogP contribution in [-0.4, -0.2) is 26.3 Å². The molecule has 0 fully saturated rings. The molecule has 0 atom stereocenters. The Morgan fingerprint density at radius 1 is 1.08 bits per heavy atom. The van der Waals surface area contributed by atoms with Gasteiger partial charge in [0, 0.05) is 0 Å². The number of carbonyl (C=O) groups excluding carboxylic acids is 1. The van der Waals surface area contributed by atoms with Crippen LogP contribution in [0.5, 0.6) is 11.5 Å². The molecule has 1 amide bonds. The van der Waals surface area contributed by atoms with Gasteiger partial charge in [-0.15, -0.1) is 0 Å². The number of nitrogens with one attached hydrogen (secondary N) is 1. The fraction of sp³-hybridized carbons (Fsp3) is 0.176. The van der Waals surface area contributed by atoms with E-state index in [1.807, 2.05) is 0 Å². The molecular formula is C17H16Cl2N2O3. The molecule has 0 radical (unpaired) electrons. The lowest BCUT2D eigenvalue weighted by atomic mass is 10.1. The molecule has 2 aromatic rings. The maximum Gasteiger partial charge on any atom is 0.244 e. The van der Waals surface area contributed by atoms with E-state index in [-0.39, 0.29) is 12.3 Å². The molecule has 2 rings (SSSR count). The number of ether oxygens (including phenoxy) is 2. The van der Waals surface area contributed by atoms with Crippen molar-refractivity contribution in [3.63, 3.8) is 0 Å². The number of hydrogen-bond acceptors (Lipinski definition) is 4. The van der Waals surface area contributed by atoms with Gasteiger partial charge >= 0.3 is 0 Å². The second-order valence-electron chi connectivity index (χ2n) is 4.83. The van der Waals surface area contributed by atoms with E-state index in [2.05, 4.69) is 10.5 Å². The predicted molar refractivity (Wildman–Crippen MR) is 95.4 cm³/mol. The van der Waals surface area contributed by atoms with E-state index in [0.717, 1.165) is 11.1 Å². The molecule has 0 saturated heterocycles. The van der Waals surface area contributed by atoms with Gasteiger partial charge in [-0.05, 0) is 35.4 Å². The van der Waals surface area contributed by atoms with Crippen molar-refractivity contribution in [2.45, 2.75) is 6.42 Å². The molecule has 24 heavy (non-hydrogen) atoms. The highest BCUT2D eigenvalue weighted by molar-refractivity contribution is 6.42. The van der Waals surface area contributed by atoms with Crippen LogP contribution in [0.2, 0.25) is 10.0 Å². The molecule has 0 aliphatic carbocycles. The first-order valence-corrected chi connectivity index (χ1v) is 7.77. The van der Waals surface area contributed by atoms with Gasteiger partial charge in [0.05, 0.1) is 36.9 Å². The summed E-state index contributed by atoms with van der Waals surface area (Å²) in [6, 6.07) is 10.4. The van der Waals surface area contributed by atoms with Gasteiger partial charge < -0.3 is 9.47 Å².